The number of hydrogen-bond donors (Lipinski definition) is 0. The zero-order chi connectivity index (χ0) is 19.7. The Balaban J connectivity index is 1.71. The van der Waals surface area contributed by atoms with Crippen molar-refractivity contribution in [2.24, 2.45) is 0 Å². The number of likely N-dealkylation sites (tertiary alicyclic amines) is 1. The van der Waals surface area contributed by atoms with Crippen LogP contribution < -0.4 is 4.74 Å². The smallest absolute Gasteiger partial charge is 0.274 e. The summed E-state index contributed by atoms with van der Waals surface area (Å²) in [5, 5.41) is 4.58. The van der Waals surface area contributed by atoms with Crippen LogP contribution in [0.5, 0.6) is 5.75 Å². The molecule has 2 saturated heterocycles. The molecule has 1 amide bonds. The molecule has 28 heavy (non-hydrogen) atoms. The van der Waals surface area contributed by atoms with Gasteiger partial charge < -0.3 is 9.64 Å². The van der Waals surface area contributed by atoms with E-state index in [0.29, 0.717) is 12.1 Å². The molecule has 2 aromatic rings. The molecule has 1 atom stereocenters. The van der Waals surface area contributed by atoms with Gasteiger partial charge >= 0.3 is 0 Å². The van der Waals surface area contributed by atoms with Crippen molar-refractivity contribution >= 4 is 15.7 Å². The number of sulfone groups is 1. The molecule has 8 heteroatoms. The maximum atomic E-state index is 13.0. The highest BCUT2D eigenvalue weighted by Crippen LogP contribution is 2.31. The lowest BCUT2D eigenvalue weighted by Gasteiger charge is -2.25. The number of rotatable bonds is 4. The van der Waals surface area contributed by atoms with E-state index in [1.807, 2.05) is 29.2 Å². The molecule has 0 unspecified atom stereocenters. The van der Waals surface area contributed by atoms with Gasteiger partial charge in [-0.15, -0.1) is 0 Å². The van der Waals surface area contributed by atoms with Gasteiger partial charge in [0.15, 0.2) is 15.5 Å². The van der Waals surface area contributed by atoms with E-state index < -0.39 is 9.84 Å². The molecule has 7 nitrogen and oxygen atoms in total. The lowest BCUT2D eigenvalue weighted by Crippen LogP contribution is -2.35. The standard InChI is InChI=1S/C20H25N3O4S/c1-27-17-7-5-15(6-8-17)19-13-18(20(24)22-10-3-2-4-11-22)21-23(19)16-9-12-28(25,26)14-16/h5-8,13,16H,2-4,9-12,14H2,1H3/t16-/m0/s1. The summed E-state index contributed by atoms with van der Waals surface area (Å²) < 4.78 is 31.0. The summed E-state index contributed by atoms with van der Waals surface area (Å²) in [6, 6.07) is 9.07. The van der Waals surface area contributed by atoms with Crippen molar-refractivity contribution in [3.8, 4) is 17.0 Å². The molecule has 2 aliphatic rings. The van der Waals surface area contributed by atoms with E-state index in [1.54, 1.807) is 17.9 Å². The zero-order valence-corrected chi connectivity index (χ0v) is 16.8. The number of benzene rings is 1. The Labute approximate surface area is 165 Å². The highest BCUT2D eigenvalue weighted by Gasteiger charge is 2.32. The van der Waals surface area contributed by atoms with Crippen molar-refractivity contribution < 1.29 is 17.9 Å². The van der Waals surface area contributed by atoms with Gasteiger partial charge in [-0.05, 0) is 56.0 Å². The van der Waals surface area contributed by atoms with Gasteiger partial charge in [0.05, 0.1) is 30.4 Å². The number of ether oxygens (including phenoxy) is 1. The SMILES string of the molecule is COc1ccc(-c2cc(C(=O)N3CCCCC3)nn2[C@H]2CCS(=O)(=O)C2)cc1. The number of amides is 1. The van der Waals surface area contributed by atoms with Crippen LogP contribution in [0, 0.1) is 0 Å². The third kappa shape index (κ3) is 3.78. The second-order valence-corrected chi connectivity index (χ2v) is 9.73. The molecule has 0 bridgehead atoms. The van der Waals surface area contributed by atoms with Crippen LogP contribution in [0.4, 0.5) is 0 Å². The Morgan fingerprint density at radius 3 is 2.46 bits per heavy atom. The fraction of sp³-hybridized carbons (Fsp3) is 0.500. The number of carbonyl (C=O) groups excluding carboxylic acids is 1. The number of nitrogens with zero attached hydrogens (tertiary/aromatic N) is 3. The van der Waals surface area contributed by atoms with E-state index >= 15 is 0 Å². The molecule has 0 saturated carbocycles. The maximum Gasteiger partial charge on any atom is 0.274 e. The van der Waals surface area contributed by atoms with E-state index in [0.717, 1.165) is 49.4 Å². The minimum atomic E-state index is -3.06. The molecular weight excluding hydrogens is 378 g/mol. The summed E-state index contributed by atoms with van der Waals surface area (Å²) in [5.74, 6) is 0.890. The van der Waals surface area contributed by atoms with Gasteiger partial charge in [-0.1, -0.05) is 0 Å². The topological polar surface area (TPSA) is 81.5 Å². The second-order valence-electron chi connectivity index (χ2n) is 7.50. The summed E-state index contributed by atoms with van der Waals surface area (Å²) in [5.41, 5.74) is 2.04. The molecule has 0 aliphatic carbocycles. The van der Waals surface area contributed by atoms with E-state index in [-0.39, 0.29) is 23.5 Å². The summed E-state index contributed by atoms with van der Waals surface area (Å²) in [7, 11) is -1.45. The van der Waals surface area contributed by atoms with Crippen molar-refractivity contribution in [2.45, 2.75) is 31.7 Å². The first-order valence-electron chi connectivity index (χ1n) is 9.70. The molecule has 2 aliphatic heterocycles. The predicted octanol–water partition coefficient (Wildman–Crippen LogP) is 2.54. The number of methoxy groups -OCH3 is 1. The van der Waals surface area contributed by atoms with Gasteiger partial charge in [-0.2, -0.15) is 5.10 Å². The first kappa shape index (κ1) is 19.0. The fourth-order valence-corrected chi connectivity index (χ4v) is 5.67. The molecule has 2 fully saturated rings. The van der Waals surface area contributed by atoms with E-state index in [9.17, 15) is 13.2 Å². The maximum absolute atomic E-state index is 13.0. The first-order chi connectivity index (χ1) is 13.5. The van der Waals surface area contributed by atoms with Crippen molar-refractivity contribution in [1.82, 2.24) is 14.7 Å². The number of hydrogen-bond acceptors (Lipinski definition) is 5. The average Bonchev–Trinajstić information content (AvgIpc) is 3.31. The quantitative estimate of drug-likeness (QED) is 0.784. The Morgan fingerprint density at radius 2 is 1.86 bits per heavy atom. The van der Waals surface area contributed by atoms with E-state index in [2.05, 4.69) is 5.10 Å². The molecule has 1 aromatic carbocycles. The van der Waals surface area contributed by atoms with Crippen LogP contribution in [0.15, 0.2) is 30.3 Å². The first-order valence-corrected chi connectivity index (χ1v) is 11.5. The largest absolute Gasteiger partial charge is 0.497 e. The molecule has 1 aromatic heterocycles. The molecular formula is C20H25N3O4S. The second kappa shape index (κ2) is 7.58. The predicted molar refractivity (Wildman–Crippen MR) is 106 cm³/mol. The van der Waals surface area contributed by atoms with Crippen LogP contribution in [0.3, 0.4) is 0 Å². The highest BCUT2D eigenvalue weighted by molar-refractivity contribution is 7.91. The highest BCUT2D eigenvalue weighted by atomic mass is 32.2. The van der Waals surface area contributed by atoms with Gasteiger partial charge in [0.1, 0.15) is 5.75 Å². The zero-order valence-electron chi connectivity index (χ0n) is 16.0. The van der Waals surface area contributed by atoms with Crippen LogP contribution in [-0.2, 0) is 9.84 Å². The monoisotopic (exact) mass is 403 g/mol. The summed E-state index contributed by atoms with van der Waals surface area (Å²) in [4.78, 5) is 14.8. The minimum absolute atomic E-state index is 0.0647. The van der Waals surface area contributed by atoms with Gasteiger partial charge in [0.25, 0.3) is 5.91 Å². The number of carbonyl (C=O) groups is 1. The molecule has 4 rings (SSSR count). The number of piperidine rings is 1. The van der Waals surface area contributed by atoms with Crippen LogP contribution in [0.25, 0.3) is 11.3 Å². The van der Waals surface area contributed by atoms with Gasteiger partial charge in [-0.3, -0.25) is 9.48 Å². The molecule has 0 radical (unpaired) electrons. The van der Waals surface area contributed by atoms with E-state index in [1.165, 1.54) is 0 Å². The van der Waals surface area contributed by atoms with Crippen molar-refractivity contribution in [1.29, 1.82) is 0 Å². The third-order valence-electron chi connectivity index (χ3n) is 5.54. The molecule has 0 N–H and O–H groups in total. The lowest BCUT2D eigenvalue weighted by molar-refractivity contribution is 0.0717. The molecule has 3 heterocycles. The fourth-order valence-electron chi connectivity index (χ4n) is 3.98. The van der Waals surface area contributed by atoms with Gasteiger partial charge in [0, 0.05) is 18.7 Å². The van der Waals surface area contributed by atoms with E-state index in [4.69, 9.17) is 4.74 Å². The summed E-state index contributed by atoms with van der Waals surface area (Å²) >= 11 is 0. The third-order valence-corrected chi connectivity index (χ3v) is 7.29. The summed E-state index contributed by atoms with van der Waals surface area (Å²) in [6.07, 6.45) is 3.69. The minimum Gasteiger partial charge on any atom is -0.497 e. The van der Waals surface area contributed by atoms with Crippen LogP contribution >= 0.6 is 0 Å². The van der Waals surface area contributed by atoms with Crippen LogP contribution in [0.2, 0.25) is 0 Å². The molecule has 0 spiro atoms. The van der Waals surface area contributed by atoms with Crippen molar-refractivity contribution in [3.05, 3.63) is 36.0 Å². The van der Waals surface area contributed by atoms with Gasteiger partial charge in [-0.25, -0.2) is 8.42 Å². The normalized spacial score (nSPS) is 21.6. The molecule has 150 valence electrons. The summed E-state index contributed by atoms with van der Waals surface area (Å²) in [6.45, 7) is 1.50. The Bertz CT molecular complexity index is 960. The Morgan fingerprint density at radius 1 is 1.14 bits per heavy atom. The van der Waals surface area contributed by atoms with Gasteiger partial charge in [0.2, 0.25) is 0 Å². The number of aromatic nitrogens is 2. The van der Waals surface area contributed by atoms with Crippen LogP contribution in [-0.4, -0.2) is 60.7 Å². The van der Waals surface area contributed by atoms with Crippen molar-refractivity contribution in [2.75, 3.05) is 31.7 Å². The van der Waals surface area contributed by atoms with Crippen LogP contribution in [0.1, 0.15) is 42.2 Å². The Kier molecular flexibility index (Phi) is 5.14. The lowest BCUT2D eigenvalue weighted by atomic mass is 10.1. The van der Waals surface area contributed by atoms with Crippen molar-refractivity contribution in [3.63, 3.8) is 0 Å². The average molecular weight is 404 g/mol. The Hall–Kier alpha value is -2.35.